The van der Waals surface area contributed by atoms with E-state index in [1.807, 2.05) is 31.2 Å². The molecule has 0 saturated carbocycles. The fraction of sp³-hybridized carbons (Fsp3) is 0.133. The highest BCUT2D eigenvalue weighted by molar-refractivity contribution is 7.89. The van der Waals surface area contributed by atoms with E-state index in [0.29, 0.717) is 12.3 Å². The molecule has 2 aromatic rings. The summed E-state index contributed by atoms with van der Waals surface area (Å²) in [6.45, 7) is 2.56. The van der Waals surface area contributed by atoms with Crippen molar-refractivity contribution in [2.45, 2.75) is 11.8 Å². The summed E-state index contributed by atoms with van der Waals surface area (Å²) >= 11 is 0. The van der Waals surface area contributed by atoms with Crippen LogP contribution in [0.2, 0.25) is 0 Å². The number of benzene rings is 2. The molecule has 0 atom stereocenters. The first-order valence-corrected chi connectivity index (χ1v) is 8.18. The normalized spacial score (nSPS) is 11.5. The van der Waals surface area contributed by atoms with Crippen LogP contribution in [0.3, 0.4) is 0 Å². The molecule has 0 spiro atoms. The molecule has 0 unspecified atom stereocenters. The van der Waals surface area contributed by atoms with Crippen molar-refractivity contribution in [3.8, 4) is 5.75 Å². The Morgan fingerprint density at radius 2 is 1.77 bits per heavy atom. The Kier molecular flexibility index (Phi) is 5.13. The fourth-order valence-electron chi connectivity index (χ4n) is 1.72. The summed E-state index contributed by atoms with van der Waals surface area (Å²) in [5.74, 6) is 0.811. The smallest absolute Gasteiger partial charge is 0.238 e. The van der Waals surface area contributed by atoms with Crippen LogP contribution in [0.5, 0.6) is 5.75 Å². The van der Waals surface area contributed by atoms with Gasteiger partial charge < -0.3 is 4.74 Å². The molecule has 6 nitrogen and oxygen atoms in total. The van der Waals surface area contributed by atoms with Gasteiger partial charge in [-0.2, -0.15) is 5.10 Å². The summed E-state index contributed by atoms with van der Waals surface area (Å²) < 4.78 is 27.6. The van der Waals surface area contributed by atoms with E-state index in [1.165, 1.54) is 12.1 Å². The van der Waals surface area contributed by atoms with E-state index in [-0.39, 0.29) is 4.90 Å². The van der Waals surface area contributed by atoms with Crippen molar-refractivity contribution in [2.75, 3.05) is 12.0 Å². The number of sulfonamides is 1. The number of anilines is 1. The van der Waals surface area contributed by atoms with Gasteiger partial charge in [0.15, 0.2) is 0 Å². The first kappa shape index (κ1) is 16.0. The Hall–Kier alpha value is -2.38. The molecule has 0 aliphatic rings. The molecular formula is C15H17N3O3S. The molecule has 3 N–H and O–H groups in total. The molecule has 22 heavy (non-hydrogen) atoms. The molecule has 7 heteroatoms. The number of hydrazone groups is 1. The van der Waals surface area contributed by atoms with Gasteiger partial charge in [0, 0.05) is 0 Å². The monoisotopic (exact) mass is 319 g/mol. The van der Waals surface area contributed by atoms with Crippen molar-refractivity contribution >= 4 is 21.9 Å². The van der Waals surface area contributed by atoms with E-state index in [4.69, 9.17) is 9.88 Å². The van der Waals surface area contributed by atoms with Crippen molar-refractivity contribution < 1.29 is 13.2 Å². The Balaban J connectivity index is 1.97. The number of ether oxygens (including phenoxy) is 1. The largest absolute Gasteiger partial charge is 0.494 e. The summed E-state index contributed by atoms with van der Waals surface area (Å²) in [5, 5.41) is 9.11. The van der Waals surface area contributed by atoms with Crippen molar-refractivity contribution in [1.82, 2.24) is 0 Å². The molecule has 2 aromatic carbocycles. The van der Waals surface area contributed by atoms with Crippen LogP contribution in [0.25, 0.3) is 0 Å². The third-order valence-corrected chi connectivity index (χ3v) is 3.71. The van der Waals surface area contributed by atoms with E-state index >= 15 is 0 Å². The van der Waals surface area contributed by atoms with Crippen molar-refractivity contribution in [1.29, 1.82) is 0 Å². The van der Waals surface area contributed by atoms with Crippen molar-refractivity contribution in [3.63, 3.8) is 0 Å². The second-order valence-electron chi connectivity index (χ2n) is 4.44. The topological polar surface area (TPSA) is 93.8 Å². The maximum atomic E-state index is 11.1. The molecule has 0 fully saturated rings. The zero-order valence-corrected chi connectivity index (χ0v) is 12.9. The average Bonchev–Trinajstić information content (AvgIpc) is 2.49. The zero-order chi connectivity index (χ0) is 16.0. The van der Waals surface area contributed by atoms with E-state index in [9.17, 15) is 8.42 Å². The van der Waals surface area contributed by atoms with Crippen LogP contribution in [0.15, 0.2) is 58.5 Å². The Morgan fingerprint density at radius 3 is 2.32 bits per heavy atom. The first-order chi connectivity index (χ1) is 10.5. The number of rotatable bonds is 6. The minimum absolute atomic E-state index is 0.0635. The van der Waals surface area contributed by atoms with Gasteiger partial charge in [0.1, 0.15) is 5.75 Å². The van der Waals surface area contributed by atoms with Gasteiger partial charge in [-0.1, -0.05) is 0 Å². The number of nitrogens with one attached hydrogen (secondary N) is 1. The molecule has 0 radical (unpaired) electrons. The van der Waals surface area contributed by atoms with Crippen LogP contribution in [0.4, 0.5) is 5.69 Å². The van der Waals surface area contributed by atoms with Crippen LogP contribution < -0.4 is 15.3 Å². The van der Waals surface area contributed by atoms with Gasteiger partial charge >= 0.3 is 0 Å². The summed E-state index contributed by atoms with van der Waals surface area (Å²) in [5.41, 5.74) is 4.39. The minimum atomic E-state index is -3.67. The third-order valence-electron chi connectivity index (χ3n) is 2.78. The maximum Gasteiger partial charge on any atom is 0.238 e. The summed E-state index contributed by atoms with van der Waals surface area (Å²) in [6, 6.07) is 13.5. The zero-order valence-electron chi connectivity index (χ0n) is 12.1. The number of hydrogen-bond donors (Lipinski definition) is 2. The number of primary sulfonamides is 1. The van der Waals surface area contributed by atoms with Crippen LogP contribution >= 0.6 is 0 Å². The standard InChI is InChI=1S/C15H17N3O3S/c1-2-21-14-7-3-12(4-8-14)11-17-18-13-5-9-15(10-6-13)22(16,19)20/h3-11,18H,2H2,1H3,(H2,16,19,20). The van der Waals surface area contributed by atoms with E-state index < -0.39 is 10.0 Å². The lowest BCUT2D eigenvalue weighted by atomic mass is 10.2. The van der Waals surface area contributed by atoms with Crippen molar-refractivity contribution in [3.05, 3.63) is 54.1 Å². The van der Waals surface area contributed by atoms with Gasteiger partial charge in [-0.3, -0.25) is 5.43 Å². The first-order valence-electron chi connectivity index (χ1n) is 6.64. The van der Waals surface area contributed by atoms with Crippen LogP contribution in [0.1, 0.15) is 12.5 Å². The highest BCUT2D eigenvalue weighted by Gasteiger charge is 2.06. The summed E-state index contributed by atoms with van der Waals surface area (Å²) in [7, 11) is -3.67. The van der Waals surface area contributed by atoms with Gasteiger partial charge in [-0.25, -0.2) is 13.6 Å². The molecule has 0 aliphatic heterocycles. The third kappa shape index (κ3) is 4.57. The van der Waals surface area contributed by atoms with E-state index in [0.717, 1.165) is 11.3 Å². The van der Waals surface area contributed by atoms with Gasteiger partial charge in [0.25, 0.3) is 0 Å². The molecule has 116 valence electrons. The van der Waals surface area contributed by atoms with Crippen molar-refractivity contribution in [2.24, 2.45) is 10.2 Å². The molecule has 0 saturated heterocycles. The second kappa shape index (κ2) is 7.06. The van der Waals surface area contributed by atoms with Gasteiger partial charge in [0.05, 0.1) is 23.4 Å². The molecule has 2 rings (SSSR count). The maximum absolute atomic E-state index is 11.1. The predicted molar refractivity (Wildman–Crippen MR) is 86.6 cm³/mol. The molecule has 0 aromatic heterocycles. The second-order valence-corrected chi connectivity index (χ2v) is 6.00. The van der Waals surface area contributed by atoms with Crippen LogP contribution in [0, 0.1) is 0 Å². The van der Waals surface area contributed by atoms with Gasteiger partial charge in [-0.15, -0.1) is 0 Å². The molecule has 0 heterocycles. The Morgan fingerprint density at radius 1 is 1.14 bits per heavy atom. The Labute approximate surface area is 129 Å². The van der Waals surface area contributed by atoms with Gasteiger partial charge in [-0.05, 0) is 61.0 Å². The lowest BCUT2D eigenvalue weighted by Gasteiger charge is -2.03. The Bertz CT molecular complexity index is 739. The summed E-state index contributed by atoms with van der Waals surface area (Å²) in [4.78, 5) is 0.0635. The average molecular weight is 319 g/mol. The molecule has 0 bridgehead atoms. The van der Waals surface area contributed by atoms with Crippen LogP contribution in [-0.4, -0.2) is 21.2 Å². The highest BCUT2D eigenvalue weighted by Crippen LogP contribution is 2.13. The minimum Gasteiger partial charge on any atom is -0.494 e. The number of nitrogens with two attached hydrogens (primary N) is 1. The van der Waals surface area contributed by atoms with Crippen LogP contribution in [-0.2, 0) is 10.0 Å². The van der Waals surface area contributed by atoms with E-state index in [2.05, 4.69) is 10.5 Å². The van der Waals surface area contributed by atoms with Gasteiger partial charge in [0.2, 0.25) is 10.0 Å². The quantitative estimate of drug-likeness (QED) is 0.630. The molecule has 0 aliphatic carbocycles. The predicted octanol–water partition coefficient (Wildman–Crippen LogP) is 2.18. The number of hydrogen-bond acceptors (Lipinski definition) is 5. The molecular weight excluding hydrogens is 302 g/mol. The number of nitrogens with zero attached hydrogens (tertiary/aromatic N) is 1. The van der Waals surface area contributed by atoms with E-state index in [1.54, 1.807) is 18.3 Å². The lowest BCUT2D eigenvalue weighted by Crippen LogP contribution is -2.11. The highest BCUT2D eigenvalue weighted by atomic mass is 32.2. The lowest BCUT2D eigenvalue weighted by molar-refractivity contribution is 0.340. The SMILES string of the molecule is CCOc1ccc(C=NNc2ccc(S(N)(=O)=O)cc2)cc1. The fourth-order valence-corrected chi connectivity index (χ4v) is 2.23. The molecule has 0 amide bonds. The summed E-state index contributed by atoms with van der Waals surface area (Å²) in [6.07, 6.45) is 1.66.